The number of hydrogen-bond donors (Lipinski definition) is 1. The Morgan fingerprint density at radius 2 is 1.92 bits per heavy atom. The van der Waals surface area contributed by atoms with Crippen LogP contribution in [-0.4, -0.2) is 18.0 Å². The summed E-state index contributed by atoms with van der Waals surface area (Å²) < 4.78 is 18.2. The number of aryl methyl sites for hydroxylation is 1. The van der Waals surface area contributed by atoms with Crippen molar-refractivity contribution in [2.45, 2.75) is 38.7 Å². The van der Waals surface area contributed by atoms with Crippen molar-refractivity contribution in [3.8, 4) is 0 Å². The first-order chi connectivity index (χ1) is 11.5. The van der Waals surface area contributed by atoms with Crippen molar-refractivity contribution in [3.63, 3.8) is 0 Å². The van der Waals surface area contributed by atoms with E-state index in [1.165, 1.54) is 36.1 Å². The average molecular weight is 347 g/mol. The summed E-state index contributed by atoms with van der Waals surface area (Å²) in [6.45, 7) is 1.52. The Labute approximate surface area is 143 Å². The molecule has 0 unspecified atom stereocenters. The van der Waals surface area contributed by atoms with Gasteiger partial charge in [-0.05, 0) is 62.4 Å². The molecule has 1 atom stereocenters. The van der Waals surface area contributed by atoms with Crippen molar-refractivity contribution in [1.82, 2.24) is 0 Å². The molecule has 126 valence electrons. The monoisotopic (exact) mass is 347 g/mol. The fourth-order valence-electron chi connectivity index (χ4n) is 2.72. The summed E-state index contributed by atoms with van der Waals surface area (Å²) in [6, 6.07) is 5.42. The molecule has 1 N–H and O–H groups in total. The Hall–Kier alpha value is -2.21. The maximum Gasteiger partial charge on any atom is 0.340 e. The number of fused-ring (bicyclic) bond motifs is 1. The number of benzene rings is 1. The first kappa shape index (κ1) is 16.6. The van der Waals surface area contributed by atoms with Gasteiger partial charge in [-0.2, -0.15) is 0 Å². The van der Waals surface area contributed by atoms with Crippen LogP contribution < -0.4 is 5.32 Å². The number of halogens is 1. The van der Waals surface area contributed by atoms with Gasteiger partial charge in [0.05, 0.1) is 5.56 Å². The second-order valence-corrected chi connectivity index (χ2v) is 6.77. The van der Waals surface area contributed by atoms with Gasteiger partial charge in [0.15, 0.2) is 6.10 Å². The number of rotatable bonds is 4. The number of hydrogen-bond acceptors (Lipinski definition) is 4. The van der Waals surface area contributed by atoms with Gasteiger partial charge in [-0.15, -0.1) is 11.3 Å². The number of ether oxygens (including phenoxy) is 1. The van der Waals surface area contributed by atoms with Crippen LogP contribution in [0.3, 0.4) is 0 Å². The van der Waals surface area contributed by atoms with E-state index in [0.717, 1.165) is 31.2 Å². The van der Waals surface area contributed by atoms with Crippen molar-refractivity contribution in [2.24, 2.45) is 0 Å². The fraction of sp³-hybridized carbons (Fsp3) is 0.333. The molecule has 1 aliphatic carbocycles. The number of anilines is 1. The van der Waals surface area contributed by atoms with Crippen molar-refractivity contribution >= 4 is 28.9 Å². The zero-order chi connectivity index (χ0) is 17.1. The summed E-state index contributed by atoms with van der Waals surface area (Å²) in [5.74, 6) is -1.29. The van der Waals surface area contributed by atoms with Crippen LogP contribution in [0.2, 0.25) is 0 Å². The predicted octanol–water partition coefficient (Wildman–Crippen LogP) is 3.95. The standard InChI is InChI=1S/C18H18FNO3S/c1-11(17(21)20-13-8-6-12(19)7-9-13)23-18(22)15-10-24-16-5-3-2-4-14(15)16/h6-11H,2-5H2,1H3,(H,20,21)/t11-/m0/s1. The van der Waals surface area contributed by atoms with Gasteiger partial charge in [-0.25, -0.2) is 9.18 Å². The molecule has 1 heterocycles. The maximum absolute atomic E-state index is 12.9. The molecule has 0 saturated carbocycles. The first-order valence-corrected chi connectivity index (χ1v) is 8.79. The molecule has 1 amide bonds. The molecule has 1 aromatic heterocycles. The summed E-state index contributed by atoms with van der Waals surface area (Å²) in [5, 5.41) is 4.42. The minimum Gasteiger partial charge on any atom is -0.449 e. The van der Waals surface area contributed by atoms with Gasteiger partial charge >= 0.3 is 5.97 Å². The van der Waals surface area contributed by atoms with E-state index in [4.69, 9.17) is 4.74 Å². The molecular weight excluding hydrogens is 329 g/mol. The molecule has 3 rings (SSSR count). The van der Waals surface area contributed by atoms with E-state index in [1.54, 1.807) is 11.3 Å². The molecule has 1 aliphatic rings. The number of esters is 1. The average Bonchev–Trinajstić information content (AvgIpc) is 3.01. The summed E-state index contributed by atoms with van der Waals surface area (Å²) >= 11 is 1.58. The molecule has 0 radical (unpaired) electrons. The van der Waals surface area contributed by atoms with Crippen molar-refractivity contribution in [3.05, 3.63) is 51.5 Å². The Morgan fingerprint density at radius 1 is 1.21 bits per heavy atom. The summed E-state index contributed by atoms with van der Waals surface area (Å²) in [6.07, 6.45) is 3.19. The lowest BCUT2D eigenvalue weighted by molar-refractivity contribution is -0.123. The number of thiophene rings is 1. The van der Waals surface area contributed by atoms with E-state index in [1.807, 2.05) is 5.38 Å². The van der Waals surface area contributed by atoms with E-state index in [0.29, 0.717) is 11.3 Å². The number of carbonyl (C=O) groups is 2. The van der Waals surface area contributed by atoms with Gasteiger partial charge in [0.1, 0.15) is 5.82 Å². The molecule has 1 aromatic carbocycles. The topological polar surface area (TPSA) is 55.4 Å². The summed E-state index contributed by atoms with van der Waals surface area (Å²) in [4.78, 5) is 25.7. The molecule has 2 aromatic rings. The lowest BCUT2D eigenvalue weighted by Crippen LogP contribution is -2.30. The van der Waals surface area contributed by atoms with Crippen LogP contribution >= 0.6 is 11.3 Å². The zero-order valence-electron chi connectivity index (χ0n) is 13.3. The van der Waals surface area contributed by atoms with Gasteiger partial charge in [0.2, 0.25) is 0 Å². The van der Waals surface area contributed by atoms with Crippen LogP contribution in [0, 0.1) is 5.82 Å². The molecule has 24 heavy (non-hydrogen) atoms. The van der Waals surface area contributed by atoms with Gasteiger partial charge in [0.25, 0.3) is 5.91 Å². The van der Waals surface area contributed by atoms with Crippen molar-refractivity contribution < 1.29 is 18.7 Å². The number of carbonyl (C=O) groups excluding carboxylic acids is 2. The van der Waals surface area contributed by atoms with Crippen LogP contribution in [0.4, 0.5) is 10.1 Å². The zero-order valence-corrected chi connectivity index (χ0v) is 14.1. The highest BCUT2D eigenvalue weighted by Gasteiger charge is 2.24. The molecular formula is C18H18FNO3S. The highest BCUT2D eigenvalue weighted by molar-refractivity contribution is 7.10. The van der Waals surface area contributed by atoms with Gasteiger partial charge in [0, 0.05) is 15.9 Å². The van der Waals surface area contributed by atoms with Crippen molar-refractivity contribution in [1.29, 1.82) is 0 Å². The number of nitrogens with one attached hydrogen (secondary N) is 1. The third-order valence-corrected chi connectivity index (χ3v) is 5.13. The lowest BCUT2D eigenvalue weighted by atomic mass is 9.96. The van der Waals surface area contributed by atoms with E-state index in [9.17, 15) is 14.0 Å². The van der Waals surface area contributed by atoms with Crippen LogP contribution in [-0.2, 0) is 22.4 Å². The Balaban J connectivity index is 1.62. The quantitative estimate of drug-likeness (QED) is 0.852. The summed E-state index contributed by atoms with van der Waals surface area (Å²) in [5.41, 5.74) is 2.11. The Kier molecular flexibility index (Phi) is 4.94. The maximum atomic E-state index is 12.9. The Morgan fingerprint density at radius 3 is 2.67 bits per heavy atom. The van der Waals surface area contributed by atoms with Crippen LogP contribution in [0.1, 0.15) is 40.6 Å². The van der Waals surface area contributed by atoms with Gasteiger partial charge in [-0.1, -0.05) is 0 Å². The van der Waals surface area contributed by atoms with E-state index < -0.39 is 18.0 Å². The first-order valence-electron chi connectivity index (χ1n) is 7.91. The Bertz CT molecular complexity index is 754. The van der Waals surface area contributed by atoms with Gasteiger partial charge < -0.3 is 10.1 Å². The lowest BCUT2D eigenvalue weighted by Gasteiger charge is -2.15. The van der Waals surface area contributed by atoms with E-state index in [2.05, 4.69) is 5.32 Å². The van der Waals surface area contributed by atoms with Crippen LogP contribution in [0.15, 0.2) is 29.6 Å². The SMILES string of the molecule is C[C@H](OC(=O)c1csc2c1CCCC2)C(=O)Nc1ccc(F)cc1. The largest absolute Gasteiger partial charge is 0.449 e. The molecule has 0 bridgehead atoms. The highest BCUT2D eigenvalue weighted by Crippen LogP contribution is 2.30. The predicted molar refractivity (Wildman–Crippen MR) is 90.9 cm³/mol. The third-order valence-electron chi connectivity index (χ3n) is 4.05. The molecule has 0 fully saturated rings. The van der Waals surface area contributed by atoms with Crippen molar-refractivity contribution in [2.75, 3.05) is 5.32 Å². The molecule has 6 heteroatoms. The fourth-order valence-corrected chi connectivity index (χ4v) is 3.83. The van der Waals surface area contributed by atoms with Crippen LogP contribution in [0.25, 0.3) is 0 Å². The van der Waals surface area contributed by atoms with Crippen LogP contribution in [0.5, 0.6) is 0 Å². The van der Waals surface area contributed by atoms with Gasteiger partial charge in [-0.3, -0.25) is 4.79 Å². The molecule has 0 spiro atoms. The molecule has 4 nitrogen and oxygen atoms in total. The van der Waals surface area contributed by atoms with E-state index in [-0.39, 0.29) is 5.82 Å². The number of amides is 1. The minimum atomic E-state index is -0.929. The van der Waals surface area contributed by atoms with E-state index >= 15 is 0 Å². The second-order valence-electron chi connectivity index (χ2n) is 5.80. The third kappa shape index (κ3) is 3.64. The smallest absolute Gasteiger partial charge is 0.340 e. The minimum absolute atomic E-state index is 0.380. The molecule has 0 aliphatic heterocycles. The molecule has 0 saturated heterocycles. The normalized spacial score (nSPS) is 14.6. The highest BCUT2D eigenvalue weighted by atomic mass is 32.1. The summed E-state index contributed by atoms with van der Waals surface area (Å²) in [7, 11) is 0. The second kappa shape index (κ2) is 7.13.